The van der Waals surface area contributed by atoms with Gasteiger partial charge >= 0.3 is 0 Å². The number of nitriles is 1. The molecule has 0 amide bonds. The molecule has 144 valence electrons. The van der Waals surface area contributed by atoms with Crippen LogP contribution in [0.1, 0.15) is 38.1 Å². The zero-order chi connectivity index (χ0) is 20.5. The first kappa shape index (κ1) is 20.1. The third kappa shape index (κ3) is 3.95. The Hall–Kier alpha value is -2.65. The highest BCUT2D eigenvalue weighted by atomic mass is 79.9. The second-order valence-corrected chi connectivity index (χ2v) is 8.64. The number of hydrogen-bond acceptors (Lipinski definition) is 4. The number of benzene rings is 2. The lowest BCUT2D eigenvalue weighted by molar-refractivity contribution is -0.121. The molecule has 2 aromatic carbocycles. The van der Waals surface area contributed by atoms with E-state index in [4.69, 9.17) is 4.74 Å². The Bertz CT molecular complexity index is 1070. The lowest BCUT2D eigenvalue weighted by Gasteiger charge is -2.23. The molecule has 0 bridgehead atoms. The number of carbonyl (C=O) groups is 1. The van der Waals surface area contributed by atoms with Crippen LogP contribution in [-0.4, -0.2) is 21.9 Å². The topological polar surface area (TPSA) is 67.9 Å². The summed E-state index contributed by atoms with van der Waals surface area (Å²) >= 11 is 3.48. The summed E-state index contributed by atoms with van der Waals surface area (Å²) < 4.78 is 8.58. The largest absolute Gasteiger partial charge is 0.485 e. The van der Waals surface area contributed by atoms with Gasteiger partial charge in [0.2, 0.25) is 0 Å². The Morgan fingerprint density at radius 2 is 2.00 bits per heavy atom. The highest BCUT2D eigenvalue weighted by Crippen LogP contribution is 2.34. The number of fused-ring (bicyclic) bond motifs is 1. The first-order chi connectivity index (χ1) is 13.2. The van der Waals surface area contributed by atoms with Gasteiger partial charge in [0.1, 0.15) is 18.2 Å². The van der Waals surface area contributed by atoms with E-state index in [-0.39, 0.29) is 17.8 Å². The highest BCUT2D eigenvalue weighted by Gasteiger charge is 2.27. The van der Waals surface area contributed by atoms with E-state index in [1.165, 1.54) is 0 Å². The van der Waals surface area contributed by atoms with E-state index in [0.29, 0.717) is 11.6 Å². The Labute approximate surface area is 173 Å². The molecule has 1 aromatic heterocycles. The average Bonchev–Trinajstić information content (AvgIpc) is 2.97. The molecule has 0 aliphatic rings. The first-order valence-corrected chi connectivity index (χ1v) is 9.78. The molecular formula is C22H22BrN3O2. The quantitative estimate of drug-likeness (QED) is 0.567. The van der Waals surface area contributed by atoms with Gasteiger partial charge in [0.05, 0.1) is 17.1 Å². The fraction of sp³-hybridized carbons (Fsp3) is 0.318. The Morgan fingerprint density at radius 3 is 2.64 bits per heavy atom. The third-order valence-electron chi connectivity index (χ3n) is 4.65. The van der Waals surface area contributed by atoms with Crippen LogP contribution in [0.25, 0.3) is 11.0 Å². The zero-order valence-corrected chi connectivity index (χ0v) is 17.9. The van der Waals surface area contributed by atoms with Gasteiger partial charge in [-0.1, -0.05) is 48.8 Å². The molecule has 6 heteroatoms. The van der Waals surface area contributed by atoms with Gasteiger partial charge in [-0.25, -0.2) is 4.98 Å². The monoisotopic (exact) mass is 439 g/mol. The van der Waals surface area contributed by atoms with Gasteiger partial charge in [0.25, 0.3) is 0 Å². The van der Waals surface area contributed by atoms with E-state index in [1.807, 2.05) is 49.5 Å². The van der Waals surface area contributed by atoms with Crippen LogP contribution in [0.3, 0.4) is 0 Å². The Balaban J connectivity index is 1.84. The van der Waals surface area contributed by atoms with Gasteiger partial charge in [0, 0.05) is 17.1 Å². The number of rotatable bonds is 5. The minimum Gasteiger partial charge on any atom is -0.485 e. The van der Waals surface area contributed by atoms with Crippen LogP contribution >= 0.6 is 15.9 Å². The molecule has 3 rings (SSSR count). The number of hydrogen-bond donors (Lipinski definition) is 0. The number of carbonyl (C=O) groups excluding carboxylic acids is 1. The predicted octanol–water partition coefficient (Wildman–Crippen LogP) is 4.89. The molecule has 5 nitrogen and oxygen atoms in total. The van der Waals surface area contributed by atoms with E-state index in [0.717, 1.165) is 21.1 Å². The summed E-state index contributed by atoms with van der Waals surface area (Å²) in [6.45, 7) is 6.06. The average molecular weight is 440 g/mol. The maximum atomic E-state index is 12.8. The van der Waals surface area contributed by atoms with Crippen LogP contribution in [0.2, 0.25) is 0 Å². The highest BCUT2D eigenvalue weighted by molar-refractivity contribution is 9.10. The standard InChI is InChI=1S/C22H22BrN3O2/c1-22(2,3)16-11-14(23)9-10-20(16)28-13-19(27)15(12-24)21-25-17-7-5-6-8-18(17)26(21)4/h5-11,15H,13H2,1-4H3. The number of aryl methyl sites for hydroxylation is 1. The molecule has 1 atom stereocenters. The second kappa shape index (κ2) is 7.76. The van der Waals surface area contributed by atoms with Crippen LogP contribution < -0.4 is 4.74 Å². The Kier molecular flexibility index (Phi) is 5.57. The van der Waals surface area contributed by atoms with Gasteiger partial charge in [-0.3, -0.25) is 4.79 Å². The molecule has 0 aliphatic carbocycles. The van der Waals surface area contributed by atoms with Crippen LogP contribution in [0.5, 0.6) is 5.75 Å². The summed E-state index contributed by atoms with van der Waals surface area (Å²) in [5, 5.41) is 9.63. The van der Waals surface area contributed by atoms with E-state index in [2.05, 4.69) is 47.8 Å². The number of ketones is 1. The van der Waals surface area contributed by atoms with Crippen molar-refractivity contribution < 1.29 is 9.53 Å². The van der Waals surface area contributed by atoms with Crippen molar-refractivity contribution in [2.75, 3.05) is 6.61 Å². The molecule has 1 heterocycles. The number of ether oxygens (including phenoxy) is 1. The van der Waals surface area contributed by atoms with Crippen molar-refractivity contribution in [3.8, 4) is 11.8 Å². The van der Waals surface area contributed by atoms with Gasteiger partial charge < -0.3 is 9.30 Å². The molecule has 0 saturated carbocycles. The Morgan fingerprint density at radius 1 is 1.29 bits per heavy atom. The normalized spacial score (nSPS) is 12.6. The fourth-order valence-corrected chi connectivity index (χ4v) is 3.50. The van der Waals surface area contributed by atoms with E-state index in [1.54, 1.807) is 4.57 Å². The summed E-state index contributed by atoms with van der Waals surface area (Å²) in [6.07, 6.45) is 0. The maximum absolute atomic E-state index is 12.8. The van der Waals surface area contributed by atoms with Crippen LogP contribution in [0.4, 0.5) is 0 Å². The summed E-state index contributed by atoms with van der Waals surface area (Å²) in [6, 6.07) is 15.4. The van der Waals surface area contributed by atoms with Crippen molar-refractivity contribution in [2.24, 2.45) is 7.05 Å². The van der Waals surface area contributed by atoms with Gasteiger partial charge in [-0.2, -0.15) is 5.26 Å². The summed E-state index contributed by atoms with van der Waals surface area (Å²) in [5.41, 5.74) is 2.49. The lowest BCUT2D eigenvalue weighted by atomic mass is 9.86. The van der Waals surface area contributed by atoms with Crippen LogP contribution in [0.15, 0.2) is 46.9 Å². The van der Waals surface area contributed by atoms with Crippen molar-refractivity contribution in [2.45, 2.75) is 32.1 Å². The SMILES string of the molecule is Cn1c(C(C#N)C(=O)COc2ccc(Br)cc2C(C)(C)C)nc2ccccc21. The first-order valence-electron chi connectivity index (χ1n) is 8.99. The van der Waals surface area contributed by atoms with Gasteiger partial charge in [0.15, 0.2) is 11.7 Å². The fourth-order valence-electron chi connectivity index (χ4n) is 3.14. The number of Topliss-reactive ketones (excluding diaryl/α,β-unsaturated/α-hetero) is 1. The summed E-state index contributed by atoms with van der Waals surface area (Å²) in [4.78, 5) is 17.3. The van der Waals surface area contributed by atoms with Crippen molar-refractivity contribution in [1.82, 2.24) is 9.55 Å². The number of aromatic nitrogens is 2. The molecule has 0 fully saturated rings. The second-order valence-electron chi connectivity index (χ2n) is 7.73. The van der Waals surface area contributed by atoms with Crippen molar-refractivity contribution in [3.63, 3.8) is 0 Å². The predicted molar refractivity (Wildman–Crippen MR) is 112 cm³/mol. The lowest BCUT2D eigenvalue weighted by Crippen LogP contribution is -2.23. The zero-order valence-electron chi connectivity index (χ0n) is 16.4. The molecule has 3 aromatic rings. The summed E-state index contributed by atoms with van der Waals surface area (Å²) in [5.74, 6) is -0.218. The number of nitrogens with zero attached hydrogens (tertiary/aromatic N) is 3. The smallest absolute Gasteiger partial charge is 0.194 e. The van der Waals surface area contributed by atoms with Crippen molar-refractivity contribution in [1.29, 1.82) is 5.26 Å². The molecule has 1 unspecified atom stereocenters. The van der Waals surface area contributed by atoms with Crippen LogP contribution in [0, 0.1) is 11.3 Å². The van der Waals surface area contributed by atoms with E-state index < -0.39 is 5.92 Å². The van der Waals surface area contributed by atoms with E-state index >= 15 is 0 Å². The molecule has 0 N–H and O–H groups in total. The van der Waals surface area contributed by atoms with E-state index in [9.17, 15) is 10.1 Å². The van der Waals surface area contributed by atoms with Gasteiger partial charge in [-0.05, 0) is 35.7 Å². The molecule has 0 aliphatic heterocycles. The number of para-hydroxylation sites is 2. The minimum atomic E-state index is -0.981. The van der Waals surface area contributed by atoms with Crippen molar-refractivity contribution in [3.05, 3.63) is 58.3 Å². The maximum Gasteiger partial charge on any atom is 0.194 e. The molecule has 0 saturated heterocycles. The van der Waals surface area contributed by atoms with Crippen LogP contribution in [-0.2, 0) is 17.3 Å². The molecule has 28 heavy (non-hydrogen) atoms. The minimum absolute atomic E-state index is 0.145. The number of imidazole rings is 1. The molecule has 0 radical (unpaired) electrons. The van der Waals surface area contributed by atoms with Crippen molar-refractivity contribution >= 4 is 32.7 Å². The molecule has 0 spiro atoms. The third-order valence-corrected chi connectivity index (χ3v) is 5.14. The number of halogens is 1. The van der Waals surface area contributed by atoms with Gasteiger partial charge in [-0.15, -0.1) is 0 Å². The molecular weight excluding hydrogens is 418 g/mol. The summed E-state index contributed by atoms with van der Waals surface area (Å²) in [7, 11) is 1.82.